The van der Waals surface area contributed by atoms with Crippen molar-refractivity contribution in [3.05, 3.63) is 29.3 Å². The molecular formula is C19H31IN4O. The number of nitrogens with one attached hydrogen (secondary N) is 1. The maximum Gasteiger partial charge on any atom is 0.193 e. The van der Waals surface area contributed by atoms with E-state index in [2.05, 4.69) is 33.4 Å². The SMILES string of the molecule is COCCN(CCN=C(N)Nc1cccc2c1CCCC2)C1CC1.I. The normalized spacial score (nSPS) is 17.1. The molecule has 2 aliphatic carbocycles. The van der Waals surface area contributed by atoms with E-state index >= 15 is 0 Å². The van der Waals surface area contributed by atoms with Gasteiger partial charge in [0.2, 0.25) is 0 Å². The van der Waals surface area contributed by atoms with Crippen LogP contribution in [0.3, 0.4) is 0 Å². The smallest absolute Gasteiger partial charge is 0.193 e. The highest BCUT2D eigenvalue weighted by Gasteiger charge is 2.28. The Hall–Kier alpha value is -0.860. The Balaban J connectivity index is 0.00000225. The third-order valence-corrected chi connectivity index (χ3v) is 4.97. The molecule has 0 spiro atoms. The molecule has 2 aliphatic rings. The highest BCUT2D eigenvalue weighted by Crippen LogP contribution is 2.28. The van der Waals surface area contributed by atoms with E-state index in [0.29, 0.717) is 5.96 Å². The molecule has 0 radical (unpaired) electrons. The van der Waals surface area contributed by atoms with Crippen molar-refractivity contribution >= 4 is 35.6 Å². The molecule has 0 bridgehead atoms. The number of rotatable bonds is 8. The number of hydrogen-bond donors (Lipinski definition) is 2. The van der Waals surface area contributed by atoms with Crippen LogP contribution in [0.5, 0.6) is 0 Å². The molecule has 3 N–H and O–H groups in total. The maximum atomic E-state index is 6.11. The molecule has 6 heteroatoms. The van der Waals surface area contributed by atoms with Crippen molar-refractivity contribution in [2.24, 2.45) is 10.7 Å². The number of anilines is 1. The van der Waals surface area contributed by atoms with Crippen LogP contribution in [-0.4, -0.2) is 50.3 Å². The standard InChI is InChI=1S/C19H30N4O.HI/c1-24-14-13-23(16-9-10-16)12-11-21-19(20)22-18-8-4-6-15-5-2-3-7-17(15)18;/h4,6,8,16H,2-3,5,7,9-14H2,1H3,(H3,20,21,22);1H. The molecule has 1 aromatic rings. The summed E-state index contributed by atoms with van der Waals surface area (Å²) in [6.07, 6.45) is 7.47. The second-order valence-electron chi connectivity index (χ2n) is 6.80. The van der Waals surface area contributed by atoms with Gasteiger partial charge in [-0.25, -0.2) is 0 Å². The fraction of sp³-hybridized carbons (Fsp3) is 0.632. The number of aryl methyl sites for hydroxylation is 1. The lowest BCUT2D eigenvalue weighted by molar-refractivity contribution is 0.145. The quantitative estimate of drug-likeness (QED) is 0.357. The molecule has 1 aromatic carbocycles. The largest absolute Gasteiger partial charge is 0.383 e. The lowest BCUT2D eigenvalue weighted by atomic mass is 9.90. The Morgan fingerprint density at radius 3 is 2.84 bits per heavy atom. The summed E-state index contributed by atoms with van der Waals surface area (Å²) in [4.78, 5) is 6.99. The summed E-state index contributed by atoms with van der Waals surface area (Å²) in [7, 11) is 1.76. The Morgan fingerprint density at radius 1 is 1.28 bits per heavy atom. The van der Waals surface area contributed by atoms with E-state index < -0.39 is 0 Å². The topological polar surface area (TPSA) is 62.9 Å². The molecule has 0 atom stereocenters. The van der Waals surface area contributed by atoms with Crippen molar-refractivity contribution in [1.82, 2.24) is 4.90 Å². The van der Waals surface area contributed by atoms with Crippen LogP contribution in [0.2, 0.25) is 0 Å². The lowest BCUT2D eigenvalue weighted by Gasteiger charge is -2.21. The van der Waals surface area contributed by atoms with Gasteiger partial charge in [-0.15, -0.1) is 24.0 Å². The van der Waals surface area contributed by atoms with Crippen molar-refractivity contribution in [2.45, 2.75) is 44.6 Å². The minimum atomic E-state index is 0. The number of methoxy groups -OCH3 is 1. The molecule has 0 aromatic heterocycles. The van der Waals surface area contributed by atoms with Gasteiger partial charge in [0.15, 0.2) is 5.96 Å². The average molecular weight is 458 g/mol. The zero-order chi connectivity index (χ0) is 16.8. The summed E-state index contributed by atoms with van der Waals surface area (Å²) in [5.41, 5.74) is 10.1. The van der Waals surface area contributed by atoms with Gasteiger partial charge in [0.1, 0.15) is 0 Å². The summed E-state index contributed by atoms with van der Waals surface area (Å²) < 4.78 is 5.19. The molecule has 140 valence electrons. The molecule has 0 amide bonds. The van der Waals surface area contributed by atoms with Crippen LogP contribution in [0.15, 0.2) is 23.2 Å². The molecule has 0 unspecified atom stereocenters. The van der Waals surface area contributed by atoms with Crippen LogP contribution in [0.1, 0.15) is 36.8 Å². The zero-order valence-corrected chi connectivity index (χ0v) is 17.5. The summed E-state index contributed by atoms with van der Waals surface area (Å²) >= 11 is 0. The molecule has 1 fully saturated rings. The molecule has 0 aliphatic heterocycles. The van der Waals surface area contributed by atoms with Crippen LogP contribution in [0, 0.1) is 0 Å². The fourth-order valence-electron chi connectivity index (χ4n) is 3.50. The number of ether oxygens (including phenoxy) is 1. The monoisotopic (exact) mass is 458 g/mol. The number of fused-ring (bicyclic) bond motifs is 1. The number of nitrogens with two attached hydrogens (primary N) is 1. The second kappa shape index (κ2) is 10.3. The molecule has 0 heterocycles. The van der Waals surface area contributed by atoms with Gasteiger partial charge in [0.25, 0.3) is 0 Å². The van der Waals surface area contributed by atoms with Gasteiger partial charge in [-0.3, -0.25) is 9.89 Å². The minimum absolute atomic E-state index is 0. The van der Waals surface area contributed by atoms with E-state index in [1.165, 1.54) is 43.2 Å². The summed E-state index contributed by atoms with van der Waals surface area (Å²) in [5.74, 6) is 0.525. The highest BCUT2D eigenvalue weighted by molar-refractivity contribution is 14.0. The van der Waals surface area contributed by atoms with Crippen molar-refractivity contribution in [3.8, 4) is 0 Å². The first-order valence-corrected chi connectivity index (χ1v) is 9.18. The Bertz CT molecular complexity index is 575. The first kappa shape index (κ1) is 20.5. The number of hydrogen-bond acceptors (Lipinski definition) is 3. The molecule has 0 saturated heterocycles. The number of nitrogens with zero attached hydrogens (tertiary/aromatic N) is 2. The van der Waals surface area contributed by atoms with Gasteiger partial charge in [-0.05, 0) is 55.7 Å². The van der Waals surface area contributed by atoms with E-state index in [1.54, 1.807) is 7.11 Å². The van der Waals surface area contributed by atoms with Crippen molar-refractivity contribution in [2.75, 3.05) is 38.7 Å². The van der Waals surface area contributed by atoms with Crippen molar-refractivity contribution in [1.29, 1.82) is 0 Å². The minimum Gasteiger partial charge on any atom is -0.383 e. The second-order valence-corrected chi connectivity index (χ2v) is 6.80. The van der Waals surface area contributed by atoms with E-state index in [0.717, 1.165) is 44.4 Å². The average Bonchev–Trinajstić information content (AvgIpc) is 3.43. The Morgan fingerprint density at radius 2 is 2.08 bits per heavy atom. The first-order valence-electron chi connectivity index (χ1n) is 9.18. The van der Waals surface area contributed by atoms with Gasteiger partial charge in [0.05, 0.1) is 13.2 Å². The number of halogens is 1. The van der Waals surface area contributed by atoms with Gasteiger partial charge in [0, 0.05) is 31.9 Å². The summed E-state index contributed by atoms with van der Waals surface area (Å²) in [6, 6.07) is 7.18. The highest BCUT2D eigenvalue weighted by atomic mass is 127. The van der Waals surface area contributed by atoms with Gasteiger partial charge in [-0.1, -0.05) is 12.1 Å². The van der Waals surface area contributed by atoms with Crippen LogP contribution in [-0.2, 0) is 17.6 Å². The van der Waals surface area contributed by atoms with E-state index in [4.69, 9.17) is 10.5 Å². The molecule has 3 rings (SSSR count). The van der Waals surface area contributed by atoms with Crippen molar-refractivity contribution in [3.63, 3.8) is 0 Å². The van der Waals surface area contributed by atoms with Crippen LogP contribution >= 0.6 is 24.0 Å². The van der Waals surface area contributed by atoms with E-state index in [1.807, 2.05) is 0 Å². The molecule has 5 nitrogen and oxygen atoms in total. The zero-order valence-electron chi connectivity index (χ0n) is 15.2. The molecule has 25 heavy (non-hydrogen) atoms. The van der Waals surface area contributed by atoms with Gasteiger partial charge >= 0.3 is 0 Å². The van der Waals surface area contributed by atoms with Gasteiger partial charge in [-0.2, -0.15) is 0 Å². The fourth-order valence-corrected chi connectivity index (χ4v) is 3.50. The third-order valence-electron chi connectivity index (χ3n) is 4.97. The van der Waals surface area contributed by atoms with Crippen LogP contribution in [0.25, 0.3) is 0 Å². The lowest BCUT2D eigenvalue weighted by Crippen LogP contribution is -2.33. The maximum absolute atomic E-state index is 6.11. The Kier molecular flexibility index (Phi) is 8.45. The summed E-state index contributed by atoms with van der Waals surface area (Å²) in [5, 5.41) is 3.32. The number of benzene rings is 1. The van der Waals surface area contributed by atoms with Crippen molar-refractivity contribution < 1.29 is 4.74 Å². The van der Waals surface area contributed by atoms with Crippen LogP contribution in [0.4, 0.5) is 5.69 Å². The van der Waals surface area contributed by atoms with E-state index in [-0.39, 0.29) is 24.0 Å². The van der Waals surface area contributed by atoms with Crippen LogP contribution < -0.4 is 11.1 Å². The number of guanidine groups is 1. The van der Waals surface area contributed by atoms with E-state index in [9.17, 15) is 0 Å². The predicted octanol–water partition coefficient (Wildman–Crippen LogP) is 3.02. The Labute approximate surface area is 168 Å². The number of aliphatic imine (C=N–C) groups is 1. The van der Waals surface area contributed by atoms with Gasteiger partial charge < -0.3 is 15.8 Å². The third kappa shape index (κ3) is 6.11. The molecular weight excluding hydrogens is 427 g/mol. The summed E-state index contributed by atoms with van der Waals surface area (Å²) in [6.45, 7) is 3.44. The first-order chi connectivity index (χ1) is 11.8. The predicted molar refractivity (Wildman–Crippen MR) is 115 cm³/mol. The molecule has 1 saturated carbocycles.